The highest BCUT2D eigenvalue weighted by Crippen LogP contribution is 2.27. The fourth-order valence-corrected chi connectivity index (χ4v) is 1.99. The number of para-hydroxylation sites is 1. The van der Waals surface area contributed by atoms with E-state index >= 15 is 0 Å². The van der Waals surface area contributed by atoms with Crippen LogP contribution < -0.4 is 5.01 Å². The monoisotopic (exact) mass is 201 g/mol. The quantitative estimate of drug-likeness (QED) is 0.733. The Morgan fingerprint density at radius 1 is 1.33 bits per heavy atom. The van der Waals surface area contributed by atoms with Crippen LogP contribution in [0.25, 0.3) is 0 Å². The Hall–Kier alpha value is -1.31. The minimum atomic E-state index is 0.310. The molecule has 79 valence electrons. The van der Waals surface area contributed by atoms with Gasteiger partial charge in [0.2, 0.25) is 0 Å². The van der Waals surface area contributed by atoms with E-state index in [-0.39, 0.29) is 0 Å². The van der Waals surface area contributed by atoms with E-state index in [1.54, 1.807) is 0 Å². The lowest BCUT2D eigenvalue weighted by Crippen LogP contribution is -2.30. The first-order chi connectivity index (χ1) is 7.33. The van der Waals surface area contributed by atoms with Crippen molar-refractivity contribution in [3.8, 4) is 0 Å². The van der Waals surface area contributed by atoms with Gasteiger partial charge in [-0.1, -0.05) is 31.5 Å². The summed E-state index contributed by atoms with van der Waals surface area (Å²) in [5.41, 5.74) is 1.17. The zero-order valence-electron chi connectivity index (χ0n) is 9.13. The van der Waals surface area contributed by atoms with Gasteiger partial charge in [0.1, 0.15) is 0 Å². The Kier molecular flexibility index (Phi) is 3.05. The number of nitrogens with zero attached hydrogens (tertiary/aromatic N) is 2. The summed E-state index contributed by atoms with van der Waals surface area (Å²) in [5.74, 6) is 0.310. The van der Waals surface area contributed by atoms with Gasteiger partial charge >= 0.3 is 0 Å². The number of benzene rings is 1. The van der Waals surface area contributed by atoms with Crippen molar-refractivity contribution in [2.75, 3.05) is 5.01 Å². The molecule has 1 radical (unpaired) electrons. The van der Waals surface area contributed by atoms with E-state index in [9.17, 15) is 0 Å². The van der Waals surface area contributed by atoms with Gasteiger partial charge in [-0.15, -0.1) is 0 Å². The highest BCUT2D eigenvalue weighted by atomic mass is 15.5. The third-order valence-corrected chi connectivity index (χ3v) is 2.80. The summed E-state index contributed by atoms with van der Waals surface area (Å²) >= 11 is 0. The van der Waals surface area contributed by atoms with Crippen molar-refractivity contribution >= 4 is 11.9 Å². The molecule has 0 fully saturated rings. The molecule has 0 aliphatic carbocycles. The van der Waals surface area contributed by atoms with E-state index in [1.807, 2.05) is 24.4 Å². The average molecular weight is 201 g/mol. The smallest absolute Gasteiger partial charge is 0.0604 e. The Morgan fingerprint density at radius 3 is 2.73 bits per heavy atom. The van der Waals surface area contributed by atoms with E-state index in [0.717, 1.165) is 6.42 Å². The second kappa shape index (κ2) is 4.47. The van der Waals surface area contributed by atoms with Crippen LogP contribution in [0.1, 0.15) is 19.8 Å². The number of hydrogen-bond donors (Lipinski definition) is 0. The molecule has 2 rings (SSSR count). The van der Waals surface area contributed by atoms with Gasteiger partial charge in [0, 0.05) is 12.1 Å². The van der Waals surface area contributed by atoms with Crippen LogP contribution >= 0.6 is 0 Å². The Labute approximate surface area is 91.6 Å². The largest absolute Gasteiger partial charge is 0.262 e. The first-order valence-corrected chi connectivity index (χ1v) is 5.54. The van der Waals surface area contributed by atoms with Crippen LogP contribution in [-0.4, -0.2) is 12.3 Å². The summed E-state index contributed by atoms with van der Waals surface area (Å²) in [7, 11) is 0. The van der Waals surface area contributed by atoms with Gasteiger partial charge in [0.25, 0.3) is 0 Å². The molecule has 1 aliphatic heterocycles. The number of hydrogen-bond acceptors (Lipinski definition) is 2. The fraction of sp³-hybridized carbons (Fsp3) is 0.385. The molecule has 1 aromatic carbocycles. The van der Waals surface area contributed by atoms with Crippen molar-refractivity contribution in [3.05, 3.63) is 37.3 Å². The molecule has 0 N–H and O–H groups in total. The molecule has 1 aliphatic rings. The lowest BCUT2D eigenvalue weighted by Gasteiger charge is -2.25. The molecule has 15 heavy (non-hydrogen) atoms. The highest BCUT2D eigenvalue weighted by Gasteiger charge is 2.27. The van der Waals surface area contributed by atoms with Crippen LogP contribution in [-0.2, 0) is 0 Å². The van der Waals surface area contributed by atoms with Crippen molar-refractivity contribution < 1.29 is 0 Å². The zero-order chi connectivity index (χ0) is 10.7. The Balaban J connectivity index is 2.18. The summed E-state index contributed by atoms with van der Waals surface area (Å²) in [6, 6.07) is 10.7. The third kappa shape index (κ3) is 2.04. The minimum absolute atomic E-state index is 0.310. The average Bonchev–Trinajstić information content (AvgIpc) is 2.63. The summed E-state index contributed by atoms with van der Waals surface area (Å²) in [6.07, 6.45) is 4.26. The molecule has 2 nitrogen and oxygen atoms in total. The molecule has 0 saturated heterocycles. The molecule has 2 heteroatoms. The van der Waals surface area contributed by atoms with Crippen LogP contribution in [0.2, 0.25) is 0 Å². The van der Waals surface area contributed by atoms with E-state index in [4.69, 9.17) is 0 Å². The molecule has 2 atom stereocenters. The van der Waals surface area contributed by atoms with E-state index in [0.29, 0.717) is 12.0 Å². The van der Waals surface area contributed by atoms with Crippen LogP contribution in [0.3, 0.4) is 0 Å². The minimum Gasteiger partial charge on any atom is -0.262 e. The highest BCUT2D eigenvalue weighted by molar-refractivity contribution is 5.70. The van der Waals surface area contributed by atoms with Gasteiger partial charge in [0.15, 0.2) is 0 Å². The molecule has 0 bridgehead atoms. The van der Waals surface area contributed by atoms with E-state index < -0.39 is 0 Å². The number of rotatable bonds is 3. The van der Waals surface area contributed by atoms with Gasteiger partial charge in [-0.25, -0.2) is 0 Å². The normalized spacial score (nSPS) is 24.8. The molecule has 1 heterocycles. The van der Waals surface area contributed by atoms with Gasteiger partial charge < -0.3 is 0 Å². The Morgan fingerprint density at radius 2 is 2.07 bits per heavy atom. The molecule has 2 unspecified atom stereocenters. The zero-order valence-corrected chi connectivity index (χ0v) is 9.13. The second-order valence-corrected chi connectivity index (χ2v) is 3.96. The summed E-state index contributed by atoms with van der Waals surface area (Å²) in [6.45, 7) is 6.32. The van der Waals surface area contributed by atoms with Crippen LogP contribution in [0.5, 0.6) is 0 Å². The number of hydrazone groups is 1. The van der Waals surface area contributed by atoms with Gasteiger partial charge in [0.05, 0.1) is 11.7 Å². The maximum Gasteiger partial charge on any atom is 0.0604 e. The standard InChI is InChI=1S/C13H17N2/c1-3-7-13-11(2)10-14-15(13)12-8-5-4-6-9-12/h4-6,8-11,13H,2-3,7H2,1H3. The van der Waals surface area contributed by atoms with E-state index in [2.05, 4.69) is 36.1 Å². The molecular weight excluding hydrogens is 184 g/mol. The summed E-state index contributed by atoms with van der Waals surface area (Å²) in [5, 5.41) is 6.53. The van der Waals surface area contributed by atoms with Gasteiger partial charge in [-0.2, -0.15) is 5.10 Å². The van der Waals surface area contributed by atoms with Crippen molar-refractivity contribution in [2.45, 2.75) is 25.8 Å². The molecule has 0 amide bonds. The van der Waals surface area contributed by atoms with Crippen molar-refractivity contribution in [1.82, 2.24) is 0 Å². The SMILES string of the molecule is [CH2]C1C=NN(c2ccccc2)C1CCC. The molecular formula is C13H17N2. The van der Waals surface area contributed by atoms with Crippen LogP contribution in [0.15, 0.2) is 35.4 Å². The molecule has 0 saturated carbocycles. The van der Waals surface area contributed by atoms with Crippen molar-refractivity contribution in [3.63, 3.8) is 0 Å². The number of anilines is 1. The lowest BCUT2D eigenvalue weighted by atomic mass is 9.99. The fourth-order valence-electron chi connectivity index (χ4n) is 1.99. The maximum atomic E-state index is 4.43. The van der Waals surface area contributed by atoms with Crippen molar-refractivity contribution in [2.24, 2.45) is 11.0 Å². The maximum absolute atomic E-state index is 4.43. The molecule has 0 spiro atoms. The first kappa shape index (κ1) is 10.2. The molecule has 1 aromatic rings. The predicted octanol–water partition coefficient (Wildman–Crippen LogP) is 3.11. The lowest BCUT2D eigenvalue weighted by molar-refractivity contribution is 0.541. The summed E-state index contributed by atoms with van der Waals surface area (Å²) < 4.78 is 0. The first-order valence-electron chi connectivity index (χ1n) is 5.54. The molecule has 0 aromatic heterocycles. The van der Waals surface area contributed by atoms with E-state index in [1.165, 1.54) is 12.1 Å². The summed E-state index contributed by atoms with van der Waals surface area (Å²) in [4.78, 5) is 0. The predicted molar refractivity (Wildman–Crippen MR) is 65.0 cm³/mol. The van der Waals surface area contributed by atoms with Crippen molar-refractivity contribution in [1.29, 1.82) is 0 Å². The van der Waals surface area contributed by atoms with Crippen LogP contribution in [0, 0.1) is 12.8 Å². The Bertz CT molecular complexity index is 332. The van der Waals surface area contributed by atoms with Gasteiger partial charge in [-0.05, 0) is 25.5 Å². The third-order valence-electron chi connectivity index (χ3n) is 2.80. The van der Waals surface area contributed by atoms with Crippen LogP contribution in [0.4, 0.5) is 5.69 Å². The topological polar surface area (TPSA) is 15.6 Å². The second-order valence-electron chi connectivity index (χ2n) is 3.96. The van der Waals surface area contributed by atoms with Gasteiger partial charge in [-0.3, -0.25) is 5.01 Å².